The van der Waals surface area contributed by atoms with Crippen LogP contribution in [-0.4, -0.2) is 26.2 Å². The third-order valence-electron chi connectivity index (χ3n) is 3.41. The zero-order valence-corrected chi connectivity index (χ0v) is 12.8. The molecule has 0 heterocycles. The quantitative estimate of drug-likeness (QED) is 0.826. The molecule has 0 aromatic heterocycles. The Morgan fingerprint density at radius 2 is 1.55 bits per heavy atom. The Bertz CT molecular complexity index is 585. The van der Waals surface area contributed by atoms with Gasteiger partial charge in [0.15, 0.2) is 0 Å². The molecule has 0 saturated carbocycles. The lowest BCUT2D eigenvalue weighted by Crippen LogP contribution is -2.37. The van der Waals surface area contributed by atoms with Gasteiger partial charge in [0, 0.05) is 13.1 Å². The standard InChI is InChI=1S/C18H22N2O2/c1-22-17-10-6-5-9-16(17)12-14-20-18(21)19-13-11-15-7-3-2-4-8-15/h2-10H,11-14H2,1H3,(H2,19,20,21). The highest BCUT2D eigenvalue weighted by Crippen LogP contribution is 2.17. The Labute approximate surface area is 131 Å². The number of urea groups is 1. The van der Waals surface area contributed by atoms with Crippen LogP contribution >= 0.6 is 0 Å². The van der Waals surface area contributed by atoms with Crippen molar-refractivity contribution in [2.75, 3.05) is 20.2 Å². The monoisotopic (exact) mass is 298 g/mol. The maximum absolute atomic E-state index is 11.7. The Hall–Kier alpha value is -2.49. The van der Waals surface area contributed by atoms with Crippen LogP contribution in [0.25, 0.3) is 0 Å². The van der Waals surface area contributed by atoms with Crippen molar-refractivity contribution >= 4 is 6.03 Å². The molecule has 2 amide bonds. The molecule has 0 spiro atoms. The van der Waals surface area contributed by atoms with Gasteiger partial charge in [0.05, 0.1) is 7.11 Å². The summed E-state index contributed by atoms with van der Waals surface area (Å²) in [4.78, 5) is 11.7. The molecule has 0 bridgehead atoms. The fourth-order valence-corrected chi connectivity index (χ4v) is 2.25. The van der Waals surface area contributed by atoms with Crippen LogP contribution in [0.15, 0.2) is 54.6 Å². The molecule has 0 radical (unpaired) electrons. The lowest BCUT2D eigenvalue weighted by atomic mass is 10.1. The van der Waals surface area contributed by atoms with E-state index >= 15 is 0 Å². The van der Waals surface area contributed by atoms with Crippen LogP contribution < -0.4 is 15.4 Å². The summed E-state index contributed by atoms with van der Waals surface area (Å²) in [5.74, 6) is 0.855. The second kappa shape index (κ2) is 8.72. The number of rotatable bonds is 7. The molecule has 22 heavy (non-hydrogen) atoms. The van der Waals surface area contributed by atoms with Crippen LogP contribution in [0.5, 0.6) is 5.75 Å². The minimum Gasteiger partial charge on any atom is -0.496 e. The van der Waals surface area contributed by atoms with E-state index in [0.29, 0.717) is 13.1 Å². The van der Waals surface area contributed by atoms with Crippen molar-refractivity contribution in [1.29, 1.82) is 0 Å². The van der Waals surface area contributed by atoms with E-state index < -0.39 is 0 Å². The van der Waals surface area contributed by atoms with Crippen LogP contribution in [0.3, 0.4) is 0 Å². The van der Waals surface area contributed by atoms with Crippen LogP contribution in [0.2, 0.25) is 0 Å². The summed E-state index contributed by atoms with van der Waals surface area (Å²) in [6.45, 7) is 1.21. The van der Waals surface area contributed by atoms with Crippen molar-refractivity contribution in [3.63, 3.8) is 0 Å². The molecule has 0 fully saturated rings. The van der Waals surface area contributed by atoms with E-state index in [4.69, 9.17) is 4.74 Å². The number of amides is 2. The molecule has 0 unspecified atom stereocenters. The van der Waals surface area contributed by atoms with E-state index in [1.54, 1.807) is 7.11 Å². The first kappa shape index (κ1) is 15.9. The fourth-order valence-electron chi connectivity index (χ4n) is 2.25. The first-order valence-corrected chi connectivity index (χ1v) is 7.47. The van der Waals surface area contributed by atoms with Crippen molar-refractivity contribution in [2.24, 2.45) is 0 Å². The number of carbonyl (C=O) groups excluding carboxylic acids is 1. The summed E-state index contributed by atoms with van der Waals surface area (Å²) in [6, 6.07) is 17.8. The summed E-state index contributed by atoms with van der Waals surface area (Å²) in [7, 11) is 1.66. The van der Waals surface area contributed by atoms with Crippen LogP contribution in [0.1, 0.15) is 11.1 Å². The predicted octanol–water partition coefficient (Wildman–Crippen LogP) is 2.78. The third-order valence-corrected chi connectivity index (χ3v) is 3.41. The van der Waals surface area contributed by atoms with Crippen LogP contribution in [-0.2, 0) is 12.8 Å². The first-order chi connectivity index (χ1) is 10.8. The number of para-hydroxylation sites is 1. The van der Waals surface area contributed by atoms with Gasteiger partial charge >= 0.3 is 6.03 Å². The van der Waals surface area contributed by atoms with Gasteiger partial charge in [-0.25, -0.2) is 4.79 Å². The fraction of sp³-hybridized carbons (Fsp3) is 0.278. The zero-order chi connectivity index (χ0) is 15.6. The van der Waals surface area contributed by atoms with Crippen molar-refractivity contribution < 1.29 is 9.53 Å². The summed E-state index contributed by atoms with van der Waals surface area (Å²) >= 11 is 0. The lowest BCUT2D eigenvalue weighted by molar-refractivity contribution is 0.241. The first-order valence-electron chi connectivity index (χ1n) is 7.47. The number of methoxy groups -OCH3 is 1. The minimum absolute atomic E-state index is 0.133. The van der Waals surface area contributed by atoms with Gasteiger partial charge in [0.2, 0.25) is 0 Å². The van der Waals surface area contributed by atoms with Crippen LogP contribution in [0.4, 0.5) is 4.79 Å². The van der Waals surface area contributed by atoms with E-state index in [1.807, 2.05) is 42.5 Å². The van der Waals surface area contributed by atoms with E-state index in [0.717, 1.165) is 24.2 Å². The molecular weight excluding hydrogens is 276 g/mol. The summed E-state index contributed by atoms with van der Waals surface area (Å²) in [5, 5.41) is 5.73. The van der Waals surface area contributed by atoms with E-state index in [-0.39, 0.29) is 6.03 Å². The number of carbonyl (C=O) groups is 1. The molecule has 0 aliphatic heterocycles. The van der Waals surface area contributed by atoms with Crippen molar-refractivity contribution in [2.45, 2.75) is 12.8 Å². The second-order valence-corrected chi connectivity index (χ2v) is 4.98. The maximum atomic E-state index is 11.7. The largest absolute Gasteiger partial charge is 0.496 e. The Morgan fingerprint density at radius 1 is 0.909 bits per heavy atom. The third kappa shape index (κ3) is 5.13. The van der Waals surface area contributed by atoms with Gasteiger partial charge in [-0.1, -0.05) is 48.5 Å². The molecule has 2 N–H and O–H groups in total. The molecule has 2 aromatic carbocycles. The van der Waals surface area contributed by atoms with Crippen molar-refractivity contribution in [3.05, 3.63) is 65.7 Å². The molecule has 2 aromatic rings. The van der Waals surface area contributed by atoms with E-state index in [9.17, 15) is 4.79 Å². The number of ether oxygens (including phenoxy) is 1. The number of hydrogen-bond acceptors (Lipinski definition) is 2. The molecule has 0 aliphatic carbocycles. The van der Waals surface area contributed by atoms with Gasteiger partial charge in [-0.3, -0.25) is 0 Å². The lowest BCUT2D eigenvalue weighted by Gasteiger charge is -2.10. The average Bonchev–Trinajstić information content (AvgIpc) is 2.56. The summed E-state index contributed by atoms with van der Waals surface area (Å²) in [5.41, 5.74) is 2.31. The normalized spacial score (nSPS) is 10.0. The topological polar surface area (TPSA) is 50.4 Å². The molecule has 0 aliphatic rings. The average molecular weight is 298 g/mol. The van der Waals surface area contributed by atoms with Crippen LogP contribution in [0, 0.1) is 0 Å². The van der Waals surface area contributed by atoms with E-state index in [2.05, 4.69) is 22.8 Å². The highest BCUT2D eigenvalue weighted by atomic mass is 16.5. The minimum atomic E-state index is -0.133. The molecule has 2 rings (SSSR count). The summed E-state index contributed by atoms with van der Waals surface area (Å²) in [6.07, 6.45) is 1.58. The smallest absolute Gasteiger partial charge is 0.314 e. The van der Waals surface area contributed by atoms with Gasteiger partial charge in [0.1, 0.15) is 5.75 Å². The Balaban J connectivity index is 1.65. The predicted molar refractivity (Wildman–Crippen MR) is 88.2 cm³/mol. The number of hydrogen-bond donors (Lipinski definition) is 2. The molecular formula is C18H22N2O2. The number of benzene rings is 2. The molecule has 0 atom stereocenters. The second-order valence-electron chi connectivity index (χ2n) is 4.98. The maximum Gasteiger partial charge on any atom is 0.314 e. The zero-order valence-electron chi connectivity index (χ0n) is 12.8. The molecule has 0 saturated heterocycles. The molecule has 4 nitrogen and oxygen atoms in total. The Morgan fingerprint density at radius 3 is 2.27 bits per heavy atom. The highest BCUT2D eigenvalue weighted by molar-refractivity contribution is 5.73. The van der Waals surface area contributed by atoms with Crippen molar-refractivity contribution in [1.82, 2.24) is 10.6 Å². The number of nitrogens with one attached hydrogen (secondary N) is 2. The van der Waals surface area contributed by atoms with Gasteiger partial charge in [-0.05, 0) is 30.0 Å². The van der Waals surface area contributed by atoms with Gasteiger partial charge in [0.25, 0.3) is 0 Å². The summed E-state index contributed by atoms with van der Waals surface area (Å²) < 4.78 is 5.29. The molecule has 4 heteroatoms. The van der Waals surface area contributed by atoms with Crippen molar-refractivity contribution in [3.8, 4) is 5.75 Å². The Kier molecular flexibility index (Phi) is 6.30. The van der Waals surface area contributed by atoms with Gasteiger partial charge < -0.3 is 15.4 Å². The van der Waals surface area contributed by atoms with Gasteiger partial charge in [-0.15, -0.1) is 0 Å². The highest BCUT2D eigenvalue weighted by Gasteiger charge is 2.03. The van der Waals surface area contributed by atoms with E-state index in [1.165, 1.54) is 5.56 Å². The van der Waals surface area contributed by atoms with Gasteiger partial charge in [-0.2, -0.15) is 0 Å². The SMILES string of the molecule is COc1ccccc1CCNC(=O)NCCc1ccccc1. The molecule has 116 valence electrons.